The number of nitrogens with zero attached hydrogens (tertiary/aromatic N) is 2. The molecule has 1 aromatic carbocycles. The zero-order valence-corrected chi connectivity index (χ0v) is 17.2. The molecule has 1 N–H and O–H groups in total. The molecule has 7 nitrogen and oxygen atoms in total. The maximum absolute atomic E-state index is 12.8. The molecule has 8 heteroatoms. The first kappa shape index (κ1) is 20.4. The third-order valence-electron chi connectivity index (χ3n) is 5.22. The summed E-state index contributed by atoms with van der Waals surface area (Å²) in [5.74, 6) is -0.338. The van der Waals surface area contributed by atoms with Gasteiger partial charge < -0.3 is 14.8 Å². The van der Waals surface area contributed by atoms with Crippen LogP contribution in [-0.4, -0.2) is 60.3 Å². The van der Waals surface area contributed by atoms with Crippen molar-refractivity contribution in [2.75, 3.05) is 24.6 Å². The first-order valence-electron chi connectivity index (χ1n) is 9.67. The first-order valence-corrected chi connectivity index (χ1v) is 11.5. The van der Waals surface area contributed by atoms with Gasteiger partial charge in [0.05, 0.1) is 24.5 Å². The van der Waals surface area contributed by atoms with Crippen molar-refractivity contribution in [3.63, 3.8) is 0 Å². The number of rotatable bonds is 7. The third kappa shape index (κ3) is 4.55. The van der Waals surface area contributed by atoms with E-state index in [0.29, 0.717) is 13.0 Å². The summed E-state index contributed by atoms with van der Waals surface area (Å²) >= 11 is 0. The van der Waals surface area contributed by atoms with Crippen molar-refractivity contribution in [3.8, 4) is 0 Å². The Morgan fingerprint density at radius 2 is 2.00 bits per heavy atom. The summed E-state index contributed by atoms with van der Waals surface area (Å²) in [5.41, 5.74) is 2.04. The van der Waals surface area contributed by atoms with Gasteiger partial charge in [-0.1, -0.05) is 18.2 Å². The minimum absolute atomic E-state index is 0.0185. The molecule has 1 aliphatic rings. The number of aromatic nitrogens is 1. The Morgan fingerprint density at radius 1 is 1.25 bits per heavy atom. The van der Waals surface area contributed by atoms with E-state index in [0.717, 1.165) is 23.0 Å². The molecule has 28 heavy (non-hydrogen) atoms. The number of hydrogen-bond acceptors (Lipinski definition) is 4. The lowest BCUT2D eigenvalue weighted by atomic mass is 10.1. The Labute approximate surface area is 165 Å². The fraction of sp³-hybridized carbons (Fsp3) is 0.500. The number of amides is 2. The molecule has 0 spiro atoms. The van der Waals surface area contributed by atoms with Crippen LogP contribution in [0.3, 0.4) is 0 Å². The van der Waals surface area contributed by atoms with Crippen molar-refractivity contribution >= 4 is 32.6 Å². The van der Waals surface area contributed by atoms with E-state index < -0.39 is 9.84 Å². The number of fused-ring (bicyclic) bond motifs is 1. The maximum atomic E-state index is 12.8. The third-order valence-corrected chi connectivity index (χ3v) is 6.99. The lowest BCUT2D eigenvalue weighted by Gasteiger charge is -2.21. The first-order chi connectivity index (χ1) is 13.3. The van der Waals surface area contributed by atoms with Crippen molar-refractivity contribution in [2.45, 2.75) is 39.3 Å². The molecule has 2 amide bonds. The average Bonchev–Trinajstić information content (AvgIpc) is 3.19. The number of carbonyl (C=O) groups excluding carboxylic acids is 2. The molecular weight excluding hydrogens is 378 g/mol. The number of hydrogen-bond donors (Lipinski definition) is 1. The van der Waals surface area contributed by atoms with Gasteiger partial charge in [-0.15, -0.1) is 0 Å². The van der Waals surface area contributed by atoms with Crippen LogP contribution in [0, 0.1) is 0 Å². The number of likely N-dealkylation sites (N-methyl/N-ethyl adjacent to an activating group) is 1. The Morgan fingerprint density at radius 3 is 2.64 bits per heavy atom. The normalized spacial score (nSPS) is 18.3. The number of aryl methyl sites for hydroxylation is 1. The van der Waals surface area contributed by atoms with Crippen molar-refractivity contribution < 1.29 is 18.0 Å². The fourth-order valence-electron chi connectivity index (χ4n) is 3.73. The number of nitrogens with one attached hydrogen (secondary N) is 1. The molecule has 152 valence electrons. The highest BCUT2D eigenvalue weighted by molar-refractivity contribution is 7.91. The van der Waals surface area contributed by atoms with Crippen LogP contribution < -0.4 is 5.32 Å². The van der Waals surface area contributed by atoms with Crippen molar-refractivity contribution in [1.29, 1.82) is 0 Å². The van der Waals surface area contributed by atoms with Gasteiger partial charge in [0.1, 0.15) is 0 Å². The molecule has 1 atom stereocenters. The molecule has 1 unspecified atom stereocenters. The predicted octanol–water partition coefficient (Wildman–Crippen LogP) is 1.36. The molecule has 2 heterocycles. The molecule has 1 saturated heterocycles. The topological polar surface area (TPSA) is 88.5 Å². The van der Waals surface area contributed by atoms with Gasteiger partial charge in [-0.05, 0) is 31.9 Å². The summed E-state index contributed by atoms with van der Waals surface area (Å²) in [6.45, 7) is 5.07. The second kappa shape index (κ2) is 8.34. The molecule has 0 bridgehead atoms. The SMILES string of the molecule is CCN(CC(=O)NC1CCS(=O)(=O)C1)C(=O)Cc1cn(CC)c2ccccc12. The predicted molar refractivity (Wildman–Crippen MR) is 109 cm³/mol. The summed E-state index contributed by atoms with van der Waals surface area (Å²) in [5, 5.41) is 3.80. The van der Waals surface area contributed by atoms with E-state index in [1.165, 1.54) is 4.90 Å². The molecule has 0 saturated carbocycles. The summed E-state index contributed by atoms with van der Waals surface area (Å²) < 4.78 is 25.2. The molecular formula is C20H27N3O4S. The largest absolute Gasteiger partial charge is 0.351 e. The van der Waals surface area contributed by atoms with Gasteiger partial charge in [0.25, 0.3) is 0 Å². The number of sulfone groups is 1. The number of carbonyl (C=O) groups is 2. The highest BCUT2D eigenvalue weighted by Gasteiger charge is 2.29. The van der Waals surface area contributed by atoms with Crippen LogP contribution in [0.2, 0.25) is 0 Å². The van der Waals surface area contributed by atoms with E-state index in [2.05, 4.69) is 16.8 Å². The second-order valence-electron chi connectivity index (χ2n) is 7.21. The average molecular weight is 406 g/mol. The Kier molecular flexibility index (Phi) is 6.07. The Bertz CT molecular complexity index is 980. The Hall–Kier alpha value is -2.35. The standard InChI is InChI=1S/C20H27N3O4S/c1-3-22-12-15(17-7-5-6-8-18(17)22)11-20(25)23(4-2)13-19(24)21-16-9-10-28(26,27)14-16/h5-8,12,16H,3-4,9-11,13-14H2,1-2H3,(H,21,24). The molecule has 0 radical (unpaired) electrons. The van der Waals surface area contributed by atoms with E-state index in [4.69, 9.17) is 0 Å². The van der Waals surface area contributed by atoms with Gasteiger partial charge in [-0.2, -0.15) is 0 Å². The quantitative estimate of drug-likeness (QED) is 0.753. The van der Waals surface area contributed by atoms with Gasteiger partial charge in [-0.3, -0.25) is 9.59 Å². The lowest BCUT2D eigenvalue weighted by molar-refractivity contribution is -0.135. The van der Waals surface area contributed by atoms with Crippen molar-refractivity contribution in [1.82, 2.24) is 14.8 Å². The molecule has 3 rings (SSSR count). The highest BCUT2D eigenvalue weighted by Crippen LogP contribution is 2.22. The second-order valence-corrected chi connectivity index (χ2v) is 9.44. The smallest absolute Gasteiger partial charge is 0.239 e. The molecule has 1 aliphatic heterocycles. The van der Waals surface area contributed by atoms with Gasteiger partial charge in [0, 0.05) is 36.2 Å². The van der Waals surface area contributed by atoms with Crippen LogP contribution in [-0.2, 0) is 32.4 Å². The Balaban J connectivity index is 1.65. The van der Waals surface area contributed by atoms with Gasteiger partial charge >= 0.3 is 0 Å². The minimum Gasteiger partial charge on any atom is -0.351 e. The number of benzene rings is 1. The monoisotopic (exact) mass is 405 g/mol. The van der Waals surface area contributed by atoms with E-state index >= 15 is 0 Å². The summed E-state index contributed by atoms with van der Waals surface area (Å²) in [6, 6.07) is 7.62. The van der Waals surface area contributed by atoms with Crippen LogP contribution >= 0.6 is 0 Å². The summed E-state index contributed by atoms with van der Waals surface area (Å²) in [4.78, 5) is 26.6. The van der Waals surface area contributed by atoms with Crippen LogP contribution in [0.15, 0.2) is 30.5 Å². The zero-order valence-electron chi connectivity index (χ0n) is 16.3. The molecule has 1 aromatic heterocycles. The van der Waals surface area contributed by atoms with Crippen molar-refractivity contribution in [3.05, 3.63) is 36.0 Å². The van der Waals surface area contributed by atoms with Gasteiger partial charge in [0.15, 0.2) is 9.84 Å². The summed E-state index contributed by atoms with van der Waals surface area (Å²) in [6.07, 6.45) is 2.66. The van der Waals surface area contributed by atoms with Gasteiger partial charge in [-0.25, -0.2) is 8.42 Å². The lowest BCUT2D eigenvalue weighted by Crippen LogP contribution is -2.45. The minimum atomic E-state index is -3.05. The van der Waals surface area contributed by atoms with Gasteiger partial charge in [0.2, 0.25) is 11.8 Å². The highest BCUT2D eigenvalue weighted by atomic mass is 32.2. The van der Waals surface area contributed by atoms with E-state index in [1.54, 1.807) is 0 Å². The molecule has 0 aliphatic carbocycles. The van der Waals surface area contributed by atoms with Crippen molar-refractivity contribution in [2.24, 2.45) is 0 Å². The zero-order chi connectivity index (χ0) is 20.3. The van der Waals surface area contributed by atoms with Crippen LogP contribution in [0.25, 0.3) is 10.9 Å². The van der Waals surface area contributed by atoms with Crippen LogP contribution in [0.4, 0.5) is 0 Å². The van der Waals surface area contributed by atoms with Crippen LogP contribution in [0.5, 0.6) is 0 Å². The van der Waals surface area contributed by atoms with E-state index in [1.807, 2.05) is 37.4 Å². The fourth-order valence-corrected chi connectivity index (χ4v) is 5.41. The van der Waals surface area contributed by atoms with E-state index in [9.17, 15) is 18.0 Å². The van der Waals surface area contributed by atoms with E-state index in [-0.39, 0.29) is 42.3 Å². The maximum Gasteiger partial charge on any atom is 0.239 e. The van der Waals surface area contributed by atoms with Crippen LogP contribution in [0.1, 0.15) is 25.8 Å². The summed E-state index contributed by atoms with van der Waals surface area (Å²) in [7, 11) is -3.05. The molecule has 1 fully saturated rings. The molecule has 2 aromatic rings. The number of para-hydroxylation sites is 1.